The van der Waals surface area contributed by atoms with Crippen LogP contribution in [0, 0.1) is 26.8 Å². The molecule has 0 aliphatic rings. The topological polar surface area (TPSA) is 77.8 Å². The van der Waals surface area contributed by atoms with Crippen LogP contribution in [-0.4, -0.2) is 9.97 Å². The van der Waals surface area contributed by atoms with E-state index in [9.17, 15) is 0 Å². The Kier molecular flexibility index (Phi) is 43.2. The molecule has 137 valence electrons. The Morgan fingerprint density at radius 3 is 1.68 bits per heavy atom. The maximum atomic E-state index is 5.48. The van der Waals surface area contributed by atoms with Crippen LogP contribution in [-0.2, 0) is 74.9 Å². The quantitative estimate of drug-likeness (QED) is 0.243. The van der Waals surface area contributed by atoms with E-state index in [-0.39, 0.29) is 72.8 Å². The number of nitrogens with zero attached hydrogens (tertiary/aromatic N) is 2. The molecule has 0 fully saturated rings. The largest absolute Gasteiger partial charge is 0 e. The minimum Gasteiger partial charge on any atom is 0 e. The van der Waals surface area contributed by atoms with E-state index in [1.165, 1.54) is 0 Å². The van der Waals surface area contributed by atoms with Gasteiger partial charge in [-0.3, -0.25) is 4.98 Å². The molecule has 2 aromatic rings. The van der Waals surface area contributed by atoms with Crippen molar-refractivity contribution in [2.75, 3.05) is 11.5 Å². The summed E-state index contributed by atoms with van der Waals surface area (Å²) in [5, 5.41) is 0. The number of nitrogen functional groups attached to an aromatic ring is 2. The maximum absolute atomic E-state index is 5.48. The van der Waals surface area contributed by atoms with Crippen molar-refractivity contribution in [3.8, 4) is 0 Å². The molecule has 0 unspecified atom stereocenters. The molecule has 0 spiro atoms. The molecule has 11 heteroatoms. The fourth-order valence-corrected chi connectivity index (χ4v) is 1.16. The molecule has 0 saturated carbocycles. The summed E-state index contributed by atoms with van der Waals surface area (Å²) >= 11 is 8.98. The Balaban J connectivity index is -0.0000000778. The van der Waals surface area contributed by atoms with Gasteiger partial charge in [0.25, 0.3) is 0 Å². The third-order valence-corrected chi connectivity index (χ3v) is 2.11. The van der Waals surface area contributed by atoms with E-state index >= 15 is 0 Å². The van der Waals surface area contributed by atoms with Crippen LogP contribution in [0.15, 0.2) is 24.5 Å². The molecule has 4 nitrogen and oxygen atoms in total. The van der Waals surface area contributed by atoms with Gasteiger partial charge in [-0.05, 0) is 25.0 Å². The zero-order chi connectivity index (χ0) is 17.5. The minimum atomic E-state index is 0. The zero-order valence-electron chi connectivity index (χ0n) is 13.5. The SMILES string of the molecule is C.Cc1c[c-]c(N)nc1.Cc1cnc(N)c(C)c1.II.[I][V][I].[Y].[Y]. The van der Waals surface area contributed by atoms with Gasteiger partial charge in [0.1, 0.15) is 5.82 Å². The Hall–Kier alpha value is 3.61. The molecule has 4 N–H and O–H groups in total. The van der Waals surface area contributed by atoms with Crippen LogP contribution in [0.3, 0.4) is 0 Å². The van der Waals surface area contributed by atoms with E-state index in [0.717, 1.165) is 16.7 Å². The summed E-state index contributed by atoms with van der Waals surface area (Å²) in [5.41, 5.74) is 14.0. The van der Waals surface area contributed by atoms with Crippen molar-refractivity contribution in [3.05, 3.63) is 47.3 Å². The van der Waals surface area contributed by atoms with Gasteiger partial charge >= 0.3 is 49.4 Å². The van der Waals surface area contributed by atoms with Gasteiger partial charge in [0.2, 0.25) is 0 Å². The summed E-state index contributed by atoms with van der Waals surface area (Å²) in [5.74, 6) is 1.08. The second-order valence-electron chi connectivity index (χ2n) is 3.95. The fraction of sp³-hybridized carbons (Fsp3) is 0.286. The molecule has 0 amide bonds. The van der Waals surface area contributed by atoms with E-state index in [0.29, 0.717) is 21.1 Å². The smallest absolute Gasteiger partial charge is 0 e. The van der Waals surface area contributed by atoms with E-state index in [2.05, 4.69) is 93.2 Å². The monoisotopic (exact) mass is 982 g/mol. The van der Waals surface area contributed by atoms with Gasteiger partial charge in [-0.2, -0.15) is 5.56 Å². The van der Waals surface area contributed by atoms with Gasteiger partial charge in [-0.1, -0.05) is 19.7 Å². The molecular weight excluding hydrogens is 961 g/mol. The maximum Gasteiger partial charge on any atom is 0 e. The molecule has 0 bridgehead atoms. The number of halogens is 4. The molecule has 0 aliphatic carbocycles. The summed E-state index contributed by atoms with van der Waals surface area (Å²) < 4.78 is 0. The number of rotatable bonds is 0. The van der Waals surface area contributed by atoms with E-state index in [1.807, 2.05) is 32.9 Å². The fourth-order valence-electron chi connectivity index (χ4n) is 1.16. The molecule has 2 radical (unpaired) electrons. The Labute approximate surface area is 255 Å². The minimum absolute atomic E-state index is 0. The van der Waals surface area contributed by atoms with Gasteiger partial charge in [0.05, 0.1) is 0 Å². The molecule has 25 heavy (non-hydrogen) atoms. The zero-order valence-corrected chi connectivity index (χ0v) is 29.2. The Morgan fingerprint density at radius 1 is 0.960 bits per heavy atom. The number of anilines is 2. The molecule has 0 atom stereocenters. The van der Waals surface area contributed by atoms with Crippen molar-refractivity contribution >= 4 is 88.8 Å². The van der Waals surface area contributed by atoms with Crippen molar-refractivity contribution in [3.63, 3.8) is 0 Å². The van der Waals surface area contributed by atoms with Crippen molar-refractivity contribution in [2.45, 2.75) is 28.2 Å². The number of nitrogens with two attached hydrogens (primary N) is 2. The summed E-state index contributed by atoms with van der Waals surface area (Å²) in [6.45, 7) is 5.90. The van der Waals surface area contributed by atoms with Crippen LogP contribution < -0.4 is 11.5 Å². The van der Waals surface area contributed by atoms with Gasteiger partial charge in [0.15, 0.2) is 0 Å². The number of aryl methyl sites for hydroxylation is 3. The standard InChI is InChI=1S/C7H10N2.C6H7N2.CH4.I2.2HI.V.2Y/c1-5-3-6(2)7(8)9-4-5;1-5-2-3-6(7)8-4-5;;1-2;;;;;/h3-4H,1-2H3,(H2,8,9);2,4H,1H3,(H2,7,8);1H4;;2*1H;;;/q;-1;;;;;+2;;/p-2. The van der Waals surface area contributed by atoms with Crippen LogP contribution >= 0.6 is 77.2 Å². The first-order chi connectivity index (χ1) is 10.4. The molecule has 0 saturated heterocycles. The predicted molar refractivity (Wildman–Crippen MR) is 133 cm³/mol. The van der Waals surface area contributed by atoms with Crippen LogP contribution in [0.5, 0.6) is 0 Å². The van der Waals surface area contributed by atoms with Crippen molar-refractivity contribution < 1.29 is 74.9 Å². The van der Waals surface area contributed by atoms with Crippen molar-refractivity contribution in [2.24, 2.45) is 0 Å². The number of hydrogen-bond donors (Lipinski definition) is 2. The third kappa shape index (κ3) is 25.6. The first-order valence-corrected chi connectivity index (χ1v) is 21.1. The molecule has 2 rings (SSSR count). The Morgan fingerprint density at radius 2 is 1.40 bits per heavy atom. The molecule has 0 aliphatic heterocycles. The number of aromatic nitrogens is 2. The second-order valence-corrected chi connectivity index (χ2v) is 15.7. The van der Waals surface area contributed by atoms with Crippen LogP contribution in [0.25, 0.3) is 0 Å². The summed E-state index contributed by atoms with van der Waals surface area (Å²) in [6.07, 6.45) is 3.48. The van der Waals surface area contributed by atoms with Gasteiger partial charge in [0, 0.05) is 115 Å². The van der Waals surface area contributed by atoms with Gasteiger partial charge in [-0.15, -0.1) is 6.92 Å². The van der Waals surface area contributed by atoms with E-state index < -0.39 is 0 Å². The first kappa shape index (κ1) is 39.1. The number of hydrogen-bond acceptors (Lipinski definition) is 4. The molecule has 2 heterocycles. The molecular formula is C14H21I4N4VY2-. The van der Waals surface area contributed by atoms with Crippen molar-refractivity contribution in [1.29, 1.82) is 0 Å². The molecule has 0 aromatic carbocycles. The van der Waals surface area contributed by atoms with E-state index in [1.54, 1.807) is 12.4 Å². The Bertz CT molecular complexity index is 502. The van der Waals surface area contributed by atoms with Crippen LogP contribution in [0.4, 0.5) is 11.6 Å². The van der Waals surface area contributed by atoms with Gasteiger partial charge < -0.3 is 11.5 Å². The van der Waals surface area contributed by atoms with E-state index in [4.69, 9.17) is 11.5 Å². The van der Waals surface area contributed by atoms with Crippen LogP contribution in [0.1, 0.15) is 24.1 Å². The average molecular weight is 982 g/mol. The van der Waals surface area contributed by atoms with Gasteiger partial charge in [-0.25, -0.2) is 17.1 Å². The summed E-state index contributed by atoms with van der Waals surface area (Å²) in [6, 6.07) is 6.59. The molecule has 2 aromatic heterocycles. The normalized spacial score (nSPS) is 7.16. The first-order valence-electron chi connectivity index (χ1n) is 5.75. The predicted octanol–water partition coefficient (Wildman–Crippen LogP) is 6.22. The average Bonchev–Trinajstić information content (AvgIpc) is 2.50. The third-order valence-electron chi connectivity index (χ3n) is 2.11. The summed E-state index contributed by atoms with van der Waals surface area (Å²) in [7, 11) is 0.628. The number of pyridine rings is 2. The summed E-state index contributed by atoms with van der Waals surface area (Å²) in [4.78, 5) is 7.76. The van der Waals surface area contributed by atoms with Crippen molar-refractivity contribution in [1.82, 2.24) is 9.97 Å². The second kappa shape index (κ2) is 27.6. The van der Waals surface area contributed by atoms with Crippen LogP contribution in [0.2, 0.25) is 0 Å².